The summed E-state index contributed by atoms with van der Waals surface area (Å²) in [4.78, 5) is 21.3. The van der Waals surface area contributed by atoms with Crippen LogP contribution < -0.4 is 56.5 Å². The number of nitrogens with zero attached hydrogens (tertiary/aromatic N) is 1. The maximum absolute atomic E-state index is 11.3. The summed E-state index contributed by atoms with van der Waals surface area (Å²) >= 11 is 0. The quantitative estimate of drug-likeness (QED) is 0.389. The minimum Gasteiger partial charge on any atom is -0.549 e. The van der Waals surface area contributed by atoms with E-state index in [0.29, 0.717) is 12.0 Å². The number of rotatable bonds is 5. The minimum absolute atomic E-state index is 0. The summed E-state index contributed by atoms with van der Waals surface area (Å²) in [7, 11) is 0. The number of nitro groups is 1. The fraction of sp³-hybridized carbons (Fsp3) is 0.133. The molecular formula is C15H12KNO4. The average molecular weight is 309 g/mol. The van der Waals surface area contributed by atoms with Gasteiger partial charge in [0, 0.05) is 24.0 Å². The van der Waals surface area contributed by atoms with Gasteiger partial charge < -0.3 is 9.90 Å². The van der Waals surface area contributed by atoms with Crippen molar-refractivity contribution >= 4 is 11.7 Å². The Hall–Kier alpha value is -1.05. The summed E-state index contributed by atoms with van der Waals surface area (Å²) in [6.07, 6.45) is 0.293. The first-order valence-corrected chi connectivity index (χ1v) is 6.07. The van der Waals surface area contributed by atoms with E-state index in [1.54, 1.807) is 0 Å². The van der Waals surface area contributed by atoms with Crippen molar-refractivity contribution < 1.29 is 66.2 Å². The summed E-state index contributed by atoms with van der Waals surface area (Å²) < 4.78 is 0. The van der Waals surface area contributed by atoms with Gasteiger partial charge in [-0.05, 0) is 17.5 Å². The molecule has 0 heterocycles. The van der Waals surface area contributed by atoms with E-state index in [2.05, 4.69) is 0 Å². The van der Waals surface area contributed by atoms with Gasteiger partial charge in [0.2, 0.25) is 0 Å². The molecule has 1 unspecified atom stereocenters. The molecule has 0 aliphatic rings. The van der Waals surface area contributed by atoms with E-state index in [9.17, 15) is 20.0 Å². The Kier molecular flexibility index (Phi) is 7.20. The van der Waals surface area contributed by atoms with Crippen LogP contribution in [0.2, 0.25) is 0 Å². The Bertz CT molecular complexity index is 613. The van der Waals surface area contributed by atoms with Gasteiger partial charge in [-0.3, -0.25) is 10.1 Å². The normalized spacial score (nSPS) is 11.2. The van der Waals surface area contributed by atoms with Crippen LogP contribution in [0, 0.1) is 10.1 Å². The van der Waals surface area contributed by atoms with Gasteiger partial charge in [-0.2, -0.15) is 0 Å². The van der Waals surface area contributed by atoms with E-state index in [1.807, 2.05) is 30.3 Å². The molecule has 6 heteroatoms. The molecule has 0 amide bonds. The fourth-order valence-electron chi connectivity index (χ4n) is 2.02. The molecule has 2 aromatic rings. The van der Waals surface area contributed by atoms with Gasteiger partial charge in [-0.1, -0.05) is 42.5 Å². The van der Waals surface area contributed by atoms with Crippen molar-refractivity contribution in [3.8, 4) is 0 Å². The third-order valence-electron chi connectivity index (χ3n) is 3.07. The van der Waals surface area contributed by atoms with Crippen molar-refractivity contribution in [2.24, 2.45) is 0 Å². The van der Waals surface area contributed by atoms with Gasteiger partial charge in [-0.15, -0.1) is 0 Å². The number of aliphatic carboxylic acids is 1. The number of nitro benzene ring substituents is 1. The Morgan fingerprint density at radius 1 is 1.05 bits per heavy atom. The van der Waals surface area contributed by atoms with Crippen LogP contribution in [0.25, 0.3) is 0 Å². The van der Waals surface area contributed by atoms with Crippen molar-refractivity contribution in [1.29, 1.82) is 0 Å². The number of carbonyl (C=O) groups excluding carboxylic acids is 1. The molecule has 0 spiro atoms. The van der Waals surface area contributed by atoms with Crippen molar-refractivity contribution in [2.75, 3.05) is 0 Å². The second-order valence-electron chi connectivity index (χ2n) is 4.41. The summed E-state index contributed by atoms with van der Waals surface area (Å²) in [5.74, 6) is -2.01. The second kappa shape index (κ2) is 8.40. The summed E-state index contributed by atoms with van der Waals surface area (Å²) in [5, 5.41) is 21.9. The molecule has 0 saturated heterocycles. The molecule has 0 aromatic heterocycles. The van der Waals surface area contributed by atoms with Crippen molar-refractivity contribution in [2.45, 2.75) is 12.3 Å². The molecule has 0 N–H and O–H groups in total. The van der Waals surface area contributed by atoms with Gasteiger partial charge in [0.25, 0.3) is 5.69 Å². The van der Waals surface area contributed by atoms with Gasteiger partial charge in [0.15, 0.2) is 0 Å². The van der Waals surface area contributed by atoms with Crippen LogP contribution in [0.5, 0.6) is 0 Å². The number of hydrogen-bond donors (Lipinski definition) is 0. The van der Waals surface area contributed by atoms with E-state index < -0.39 is 16.8 Å². The van der Waals surface area contributed by atoms with E-state index in [4.69, 9.17) is 0 Å². The van der Waals surface area contributed by atoms with E-state index in [-0.39, 0.29) is 57.1 Å². The number of carboxylic acid groups (broad SMARTS) is 1. The predicted octanol–water partition coefficient (Wildman–Crippen LogP) is -1.32. The molecule has 0 saturated carbocycles. The minimum atomic E-state index is -1.19. The predicted molar refractivity (Wildman–Crippen MR) is 71.0 cm³/mol. The average Bonchev–Trinajstić information content (AvgIpc) is 2.45. The van der Waals surface area contributed by atoms with Crippen molar-refractivity contribution in [3.63, 3.8) is 0 Å². The first-order valence-electron chi connectivity index (χ1n) is 6.07. The first kappa shape index (κ1) is 18.0. The topological polar surface area (TPSA) is 83.3 Å². The molecule has 0 radical (unpaired) electrons. The van der Waals surface area contributed by atoms with E-state index >= 15 is 0 Å². The molecule has 1 atom stereocenters. The Balaban J connectivity index is 0.00000220. The van der Waals surface area contributed by atoms with Gasteiger partial charge in [0.1, 0.15) is 0 Å². The Morgan fingerprint density at radius 2 is 1.62 bits per heavy atom. The Morgan fingerprint density at radius 3 is 2.10 bits per heavy atom. The van der Waals surface area contributed by atoms with Gasteiger partial charge >= 0.3 is 51.4 Å². The van der Waals surface area contributed by atoms with Crippen LogP contribution in [0.4, 0.5) is 5.69 Å². The van der Waals surface area contributed by atoms with Crippen LogP contribution >= 0.6 is 0 Å². The van der Waals surface area contributed by atoms with Crippen LogP contribution in [-0.2, 0) is 11.2 Å². The zero-order valence-corrected chi connectivity index (χ0v) is 14.7. The molecule has 2 aromatic carbocycles. The summed E-state index contributed by atoms with van der Waals surface area (Å²) in [5.41, 5.74) is 1.31. The van der Waals surface area contributed by atoms with Gasteiger partial charge in [-0.25, -0.2) is 0 Å². The molecule has 5 nitrogen and oxygen atoms in total. The zero-order chi connectivity index (χ0) is 14.5. The smallest absolute Gasteiger partial charge is 0.549 e. The number of carbonyl (C=O) groups is 1. The third-order valence-corrected chi connectivity index (χ3v) is 3.07. The van der Waals surface area contributed by atoms with Crippen molar-refractivity contribution in [1.82, 2.24) is 0 Å². The SMILES string of the molecule is O=C([O-])C(Cc1ccccc1)c1ccc([N+](=O)[O-])cc1.[K+]. The number of non-ortho nitro benzene ring substituents is 1. The maximum Gasteiger partial charge on any atom is 1.00 e. The Labute approximate surface area is 164 Å². The summed E-state index contributed by atoms with van der Waals surface area (Å²) in [6, 6.07) is 14.7. The van der Waals surface area contributed by atoms with Crippen molar-refractivity contribution in [3.05, 3.63) is 75.8 Å². The summed E-state index contributed by atoms with van der Waals surface area (Å²) in [6.45, 7) is 0. The molecule has 0 bridgehead atoms. The van der Waals surface area contributed by atoms with Gasteiger partial charge in [0.05, 0.1) is 4.92 Å². The molecule has 0 fully saturated rings. The standard InChI is InChI=1S/C15H13NO4.K/c17-15(18)14(10-11-4-2-1-3-5-11)12-6-8-13(9-7-12)16(19)20;/h1-9,14H,10H2,(H,17,18);/q;+1/p-1. The molecular weight excluding hydrogens is 297 g/mol. The van der Waals surface area contributed by atoms with Crippen LogP contribution in [0.15, 0.2) is 54.6 Å². The number of benzene rings is 2. The molecule has 21 heavy (non-hydrogen) atoms. The van der Waals surface area contributed by atoms with Crippen LogP contribution in [-0.4, -0.2) is 10.9 Å². The first-order chi connectivity index (χ1) is 9.58. The molecule has 102 valence electrons. The maximum atomic E-state index is 11.3. The fourth-order valence-corrected chi connectivity index (χ4v) is 2.02. The van der Waals surface area contributed by atoms with E-state index in [1.165, 1.54) is 24.3 Å². The number of carboxylic acids is 1. The largest absolute Gasteiger partial charge is 1.00 e. The zero-order valence-electron chi connectivity index (χ0n) is 11.6. The third kappa shape index (κ3) is 5.01. The van der Waals surface area contributed by atoms with Crippen LogP contribution in [0.1, 0.15) is 17.0 Å². The van der Waals surface area contributed by atoms with Crippen LogP contribution in [0.3, 0.4) is 0 Å². The second-order valence-corrected chi connectivity index (χ2v) is 4.41. The van der Waals surface area contributed by atoms with E-state index in [0.717, 1.165) is 5.56 Å². The number of hydrogen-bond acceptors (Lipinski definition) is 4. The monoisotopic (exact) mass is 309 g/mol. The molecule has 0 aliphatic carbocycles. The molecule has 0 aliphatic heterocycles. The molecule has 2 rings (SSSR count).